The molecule has 0 N–H and O–H groups in total. The van der Waals surface area contributed by atoms with Crippen LogP contribution in [-0.2, 0) is 0 Å². The highest BCUT2D eigenvalue weighted by atomic mass is 79.9. The van der Waals surface area contributed by atoms with E-state index in [2.05, 4.69) is 61.7 Å². The van der Waals surface area contributed by atoms with Crippen molar-refractivity contribution in [1.29, 1.82) is 0 Å². The van der Waals surface area contributed by atoms with Crippen molar-refractivity contribution < 1.29 is 0 Å². The topological polar surface area (TPSA) is 16.1 Å². The van der Waals surface area contributed by atoms with Gasteiger partial charge in [-0.1, -0.05) is 13.8 Å². The molecule has 0 radical (unpaired) electrons. The summed E-state index contributed by atoms with van der Waals surface area (Å²) in [6.07, 6.45) is 4.41. The van der Waals surface area contributed by atoms with Crippen molar-refractivity contribution in [3.05, 3.63) is 21.2 Å². The maximum absolute atomic E-state index is 4.50. The van der Waals surface area contributed by atoms with E-state index in [0.29, 0.717) is 5.41 Å². The van der Waals surface area contributed by atoms with E-state index in [9.17, 15) is 0 Å². The number of aromatic nitrogens is 1. The van der Waals surface area contributed by atoms with E-state index in [-0.39, 0.29) is 0 Å². The summed E-state index contributed by atoms with van der Waals surface area (Å²) < 4.78 is 2.08. The lowest BCUT2D eigenvalue weighted by molar-refractivity contribution is 0.292. The molecule has 0 aliphatic carbocycles. The Balaban J connectivity index is 2.23. The van der Waals surface area contributed by atoms with Gasteiger partial charge in [-0.05, 0) is 56.2 Å². The van der Waals surface area contributed by atoms with E-state index in [0.717, 1.165) is 27.9 Å². The van der Waals surface area contributed by atoms with Crippen LogP contribution < -0.4 is 4.90 Å². The van der Waals surface area contributed by atoms with Crippen molar-refractivity contribution in [1.82, 2.24) is 4.98 Å². The monoisotopic (exact) mass is 346 g/mol. The smallest absolute Gasteiger partial charge is 0.142 e. The van der Waals surface area contributed by atoms with Crippen molar-refractivity contribution >= 4 is 37.7 Å². The largest absolute Gasteiger partial charge is 0.355 e. The van der Waals surface area contributed by atoms with Gasteiger partial charge in [0.1, 0.15) is 5.82 Å². The lowest BCUT2D eigenvalue weighted by atomic mass is 9.84. The minimum absolute atomic E-state index is 0.395. The molecular formula is C12H16Br2N2. The lowest BCUT2D eigenvalue weighted by Crippen LogP contribution is -2.40. The van der Waals surface area contributed by atoms with Crippen molar-refractivity contribution in [2.75, 3.05) is 18.0 Å². The zero-order valence-electron chi connectivity index (χ0n) is 9.63. The molecule has 1 aromatic rings. The van der Waals surface area contributed by atoms with Crippen LogP contribution in [0, 0.1) is 5.41 Å². The summed E-state index contributed by atoms with van der Waals surface area (Å²) in [5.74, 6) is 1.07. The molecule has 4 heteroatoms. The molecule has 0 spiro atoms. The Hall–Kier alpha value is -0.0900. The second-order valence-corrected chi connectivity index (χ2v) is 6.92. The third-order valence-corrected chi connectivity index (χ3v) is 4.01. The van der Waals surface area contributed by atoms with Gasteiger partial charge in [0.2, 0.25) is 0 Å². The quantitative estimate of drug-likeness (QED) is 0.755. The predicted molar refractivity (Wildman–Crippen MR) is 74.9 cm³/mol. The number of halogens is 2. The Bertz CT molecular complexity index is 391. The van der Waals surface area contributed by atoms with Gasteiger partial charge in [-0.2, -0.15) is 0 Å². The Morgan fingerprint density at radius 2 is 2.12 bits per heavy atom. The highest BCUT2D eigenvalue weighted by Crippen LogP contribution is 2.34. The number of anilines is 1. The second kappa shape index (κ2) is 4.65. The van der Waals surface area contributed by atoms with E-state index in [4.69, 9.17) is 0 Å². The van der Waals surface area contributed by atoms with Crippen LogP contribution in [0.5, 0.6) is 0 Å². The van der Waals surface area contributed by atoms with Crippen molar-refractivity contribution in [3.63, 3.8) is 0 Å². The summed E-state index contributed by atoms with van der Waals surface area (Å²) in [6, 6.07) is 2.06. The number of rotatable bonds is 1. The fraction of sp³-hybridized carbons (Fsp3) is 0.583. The third kappa shape index (κ3) is 2.77. The fourth-order valence-corrected chi connectivity index (χ4v) is 3.48. The van der Waals surface area contributed by atoms with Gasteiger partial charge in [-0.25, -0.2) is 4.98 Å². The third-order valence-electron chi connectivity index (χ3n) is 2.99. The van der Waals surface area contributed by atoms with Crippen LogP contribution in [0.15, 0.2) is 21.2 Å². The van der Waals surface area contributed by atoms with Crippen molar-refractivity contribution in [2.45, 2.75) is 26.7 Å². The van der Waals surface area contributed by atoms with Gasteiger partial charge in [0.25, 0.3) is 0 Å². The SMILES string of the molecule is CC1(C)CCCN(c2ncc(Br)cc2Br)C1. The molecule has 0 atom stereocenters. The number of pyridine rings is 1. The van der Waals surface area contributed by atoms with Gasteiger partial charge >= 0.3 is 0 Å². The first-order chi connectivity index (χ1) is 7.48. The molecule has 0 aromatic carbocycles. The molecule has 1 fully saturated rings. The minimum atomic E-state index is 0.395. The Labute approximate surface area is 114 Å². The van der Waals surface area contributed by atoms with Gasteiger partial charge in [0.15, 0.2) is 0 Å². The summed E-state index contributed by atoms with van der Waals surface area (Å²) in [5, 5.41) is 0. The van der Waals surface area contributed by atoms with Crippen molar-refractivity contribution in [3.8, 4) is 0 Å². The molecule has 0 unspecified atom stereocenters. The summed E-state index contributed by atoms with van der Waals surface area (Å²) in [4.78, 5) is 6.87. The maximum atomic E-state index is 4.50. The molecule has 2 rings (SSSR count). The summed E-state index contributed by atoms with van der Waals surface area (Å²) in [6.45, 7) is 6.84. The van der Waals surface area contributed by atoms with E-state index in [1.807, 2.05) is 6.20 Å². The van der Waals surface area contributed by atoms with Gasteiger partial charge < -0.3 is 4.90 Å². The Kier molecular flexibility index (Phi) is 3.59. The molecule has 1 aliphatic heterocycles. The molecule has 1 aromatic heterocycles. The van der Waals surface area contributed by atoms with Crippen LogP contribution in [0.4, 0.5) is 5.82 Å². The zero-order valence-corrected chi connectivity index (χ0v) is 12.8. The molecular weight excluding hydrogens is 332 g/mol. The average Bonchev–Trinajstić information content (AvgIpc) is 2.15. The van der Waals surface area contributed by atoms with Crippen LogP contribution in [0.2, 0.25) is 0 Å². The lowest BCUT2D eigenvalue weighted by Gasteiger charge is -2.39. The molecule has 2 heterocycles. The van der Waals surface area contributed by atoms with Gasteiger partial charge in [0, 0.05) is 23.8 Å². The molecule has 0 amide bonds. The number of hydrogen-bond donors (Lipinski definition) is 0. The molecule has 0 bridgehead atoms. The van der Waals surface area contributed by atoms with Gasteiger partial charge in [-0.3, -0.25) is 0 Å². The van der Waals surface area contributed by atoms with Crippen LogP contribution in [0.1, 0.15) is 26.7 Å². The van der Waals surface area contributed by atoms with E-state index < -0.39 is 0 Å². The van der Waals surface area contributed by atoms with Crippen LogP contribution >= 0.6 is 31.9 Å². The first-order valence-electron chi connectivity index (χ1n) is 5.54. The number of nitrogens with zero attached hydrogens (tertiary/aromatic N) is 2. The molecule has 1 saturated heterocycles. The van der Waals surface area contributed by atoms with E-state index >= 15 is 0 Å². The molecule has 1 aliphatic rings. The van der Waals surface area contributed by atoms with Gasteiger partial charge in [-0.15, -0.1) is 0 Å². The summed E-state index contributed by atoms with van der Waals surface area (Å²) in [5.41, 5.74) is 0.395. The number of hydrogen-bond acceptors (Lipinski definition) is 2. The van der Waals surface area contributed by atoms with Crippen LogP contribution in [0.3, 0.4) is 0 Å². The molecule has 0 saturated carbocycles. The maximum Gasteiger partial charge on any atom is 0.142 e. The van der Waals surface area contributed by atoms with Gasteiger partial charge in [0.05, 0.1) is 4.47 Å². The standard InChI is InChI=1S/C12H16Br2N2/c1-12(2)4-3-5-16(8-12)11-10(14)6-9(13)7-15-11/h6-7H,3-5,8H2,1-2H3. The first-order valence-corrected chi connectivity index (χ1v) is 7.12. The first kappa shape index (κ1) is 12.4. The van der Waals surface area contributed by atoms with E-state index in [1.165, 1.54) is 12.8 Å². The highest BCUT2D eigenvalue weighted by molar-refractivity contribution is 9.11. The zero-order chi connectivity index (χ0) is 11.8. The van der Waals surface area contributed by atoms with E-state index in [1.54, 1.807) is 0 Å². The van der Waals surface area contributed by atoms with Crippen molar-refractivity contribution in [2.24, 2.45) is 5.41 Å². The number of piperidine rings is 1. The second-order valence-electron chi connectivity index (χ2n) is 5.15. The average molecular weight is 348 g/mol. The van der Waals surface area contributed by atoms with Crippen LogP contribution in [-0.4, -0.2) is 18.1 Å². The minimum Gasteiger partial charge on any atom is -0.355 e. The van der Waals surface area contributed by atoms with Crippen LogP contribution in [0.25, 0.3) is 0 Å². The summed E-state index contributed by atoms with van der Waals surface area (Å²) in [7, 11) is 0. The Morgan fingerprint density at radius 1 is 1.38 bits per heavy atom. The highest BCUT2D eigenvalue weighted by Gasteiger charge is 2.27. The fourth-order valence-electron chi connectivity index (χ4n) is 2.24. The molecule has 2 nitrogen and oxygen atoms in total. The predicted octanol–water partition coefficient (Wildman–Crippen LogP) is 4.23. The molecule has 16 heavy (non-hydrogen) atoms. The molecule has 88 valence electrons. The Morgan fingerprint density at radius 3 is 2.75 bits per heavy atom. The normalized spacial score (nSPS) is 19.9. The summed E-state index contributed by atoms with van der Waals surface area (Å²) >= 11 is 7.02.